The molecule has 6 nitrogen and oxygen atoms in total. The molecule has 1 unspecified atom stereocenters. The van der Waals surface area contributed by atoms with Crippen LogP contribution in [0.15, 0.2) is 36.4 Å². The van der Waals surface area contributed by atoms with Gasteiger partial charge in [-0.05, 0) is 29.8 Å². The lowest BCUT2D eigenvalue weighted by Gasteiger charge is -2.19. The maximum absolute atomic E-state index is 13.9. The molecule has 138 valence electrons. The zero-order valence-electron chi connectivity index (χ0n) is 14.1. The lowest BCUT2D eigenvalue weighted by atomic mass is 10.0. The van der Waals surface area contributed by atoms with Crippen LogP contribution in [-0.2, 0) is 4.79 Å². The monoisotopic (exact) mass is 381 g/mol. The second-order valence-corrected chi connectivity index (χ2v) is 5.74. The normalized spacial score (nSPS) is 11.5. The van der Waals surface area contributed by atoms with Gasteiger partial charge in [-0.15, -0.1) is 0 Å². The van der Waals surface area contributed by atoms with Gasteiger partial charge in [-0.25, -0.2) is 4.39 Å². The summed E-state index contributed by atoms with van der Waals surface area (Å²) in [6.45, 7) is 0. The lowest BCUT2D eigenvalue weighted by molar-refractivity contribution is -0.137. The van der Waals surface area contributed by atoms with Gasteiger partial charge in [0.2, 0.25) is 0 Å². The number of carboxylic acids is 1. The Kier molecular flexibility index (Phi) is 6.41. The minimum atomic E-state index is -1.13. The molecule has 2 aromatic carbocycles. The summed E-state index contributed by atoms with van der Waals surface area (Å²) in [6, 6.07) is 7.66. The molecule has 2 aromatic rings. The first kappa shape index (κ1) is 19.5. The molecule has 0 aliphatic heterocycles. The molecule has 0 fully saturated rings. The highest BCUT2D eigenvalue weighted by molar-refractivity contribution is 6.33. The molecule has 0 aromatic heterocycles. The third-order valence-corrected chi connectivity index (χ3v) is 4.00. The number of aliphatic carboxylic acids is 1. The van der Waals surface area contributed by atoms with Gasteiger partial charge in [0.05, 0.1) is 37.3 Å². The Morgan fingerprint density at radius 1 is 1.19 bits per heavy atom. The quantitative estimate of drug-likeness (QED) is 0.767. The van der Waals surface area contributed by atoms with Crippen LogP contribution < -0.4 is 14.8 Å². The van der Waals surface area contributed by atoms with E-state index < -0.39 is 30.2 Å². The molecule has 0 saturated heterocycles. The molecular formula is C18H17ClFNO5. The number of halogens is 2. The van der Waals surface area contributed by atoms with Crippen LogP contribution in [0.5, 0.6) is 11.5 Å². The van der Waals surface area contributed by atoms with Crippen molar-refractivity contribution in [2.24, 2.45) is 0 Å². The van der Waals surface area contributed by atoms with Crippen molar-refractivity contribution in [1.29, 1.82) is 0 Å². The van der Waals surface area contributed by atoms with Crippen molar-refractivity contribution >= 4 is 23.5 Å². The Hall–Kier alpha value is -2.80. The second-order valence-electron chi connectivity index (χ2n) is 5.33. The number of carbonyl (C=O) groups excluding carboxylic acids is 1. The largest absolute Gasteiger partial charge is 0.493 e. The number of hydrogen-bond acceptors (Lipinski definition) is 4. The molecule has 0 radical (unpaired) electrons. The molecule has 0 bridgehead atoms. The first-order chi connectivity index (χ1) is 12.4. The summed E-state index contributed by atoms with van der Waals surface area (Å²) in [5, 5.41) is 11.6. The van der Waals surface area contributed by atoms with Crippen molar-refractivity contribution in [3.63, 3.8) is 0 Å². The van der Waals surface area contributed by atoms with Gasteiger partial charge in [0, 0.05) is 0 Å². The SMILES string of the molecule is COc1ccc(C(CC(=O)O)NC(=O)c2c(F)cccc2Cl)cc1OC. The van der Waals surface area contributed by atoms with Crippen molar-refractivity contribution in [2.75, 3.05) is 14.2 Å². The van der Waals surface area contributed by atoms with Crippen LogP contribution in [0, 0.1) is 5.82 Å². The van der Waals surface area contributed by atoms with Gasteiger partial charge < -0.3 is 19.9 Å². The summed E-state index contributed by atoms with van der Waals surface area (Å²) in [5.41, 5.74) is 0.121. The molecule has 0 saturated carbocycles. The van der Waals surface area contributed by atoms with Gasteiger partial charge in [0.1, 0.15) is 5.82 Å². The number of benzene rings is 2. The fourth-order valence-corrected chi connectivity index (χ4v) is 2.69. The van der Waals surface area contributed by atoms with E-state index in [-0.39, 0.29) is 10.6 Å². The highest BCUT2D eigenvalue weighted by Crippen LogP contribution is 2.31. The van der Waals surface area contributed by atoms with Crippen LogP contribution in [-0.4, -0.2) is 31.2 Å². The Bertz CT molecular complexity index is 807. The number of carbonyl (C=O) groups is 2. The Morgan fingerprint density at radius 3 is 2.46 bits per heavy atom. The summed E-state index contributed by atoms with van der Waals surface area (Å²) in [7, 11) is 2.90. The van der Waals surface area contributed by atoms with Gasteiger partial charge in [0.25, 0.3) is 5.91 Å². The predicted molar refractivity (Wildman–Crippen MR) is 93.4 cm³/mol. The first-order valence-corrected chi connectivity index (χ1v) is 7.93. The summed E-state index contributed by atoms with van der Waals surface area (Å²) in [5.74, 6) is -1.91. The highest BCUT2D eigenvalue weighted by Gasteiger charge is 2.23. The van der Waals surface area contributed by atoms with E-state index in [0.29, 0.717) is 17.1 Å². The average molecular weight is 382 g/mol. The molecule has 8 heteroatoms. The number of nitrogens with one attached hydrogen (secondary N) is 1. The minimum Gasteiger partial charge on any atom is -0.493 e. The molecular weight excluding hydrogens is 365 g/mol. The van der Waals surface area contributed by atoms with Crippen molar-refractivity contribution < 1.29 is 28.6 Å². The van der Waals surface area contributed by atoms with E-state index in [2.05, 4.69) is 5.32 Å². The summed E-state index contributed by atoms with van der Waals surface area (Å²) >= 11 is 5.89. The third kappa shape index (κ3) is 4.43. The Morgan fingerprint density at radius 2 is 1.88 bits per heavy atom. The zero-order valence-corrected chi connectivity index (χ0v) is 14.8. The lowest BCUT2D eigenvalue weighted by Crippen LogP contribution is -2.31. The number of rotatable bonds is 7. The van der Waals surface area contributed by atoms with Crippen LogP contribution in [0.25, 0.3) is 0 Å². The Labute approximate surface area is 154 Å². The van der Waals surface area contributed by atoms with Crippen molar-refractivity contribution in [3.05, 3.63) is 58.4 Å². The second kappa shape index (κ2) is 8.53. The smallest absolute Gasteiger partial charge is 0.305 e. The zero-order chi connectivity index (χ0) is 19.3. The van der Waals surface area contributed by atoms with E-state index in [1.807, 2.05) is 0 Å². The minimum absolute atomic E-state index is 0.0658. The number of hydrogen-bond donors (Lipinski definition) is 2. The Balaban J connectivity index is 2.36. The molecule has 0 spiro atoms. The van der Waals surface area contributed by atoms with Crippen molar-refractivity contribution in [3.8, 4) is 11.5 Å². The first-order valence-electron chi connectivity index (χ1n) is 7.56. The summed E-state index contributed by atoms with van der Waals surface area (Å²) in [4.78, 5) is 23.6. The fraction of sp³-hybridized carbons (Fsp3) is 0.222. The molecule has 0 heterocycles. The van der Waals surface area contributed by atoms with E-state index in [4.69, 9.17) is 26.2 Å². The van der Waals surface area contributed by atoms with Crippen LogP contribution in [0.2, 0.25) is 5.02 Å². The van der Waals surface area contributed by atoms with E-state index in [0.717, 1.165) is 6.07 Å². The van der Waals surface area contributed by atoms with Gasteiger partial charge in [-0.3, -0.25) is 9.59 Å². The van der Waals surface area contributed by atoms with Crippen LogP contribution in [0.4, 0.5) is 4.39 Å². The van der Waals surface area contributed by atoms with Crippen molar-refractivity contribution in [2.45, 2.75) is 12.5 Å². The average Bonchev–Trinajstić information content (AvgIpc) is 2.60. The molecule has 0 aliphatic carbocycles. The molecule has 1 atom stereocenters. The van der Waals surface area contributed by atoms with Gasteiger partial charge >= 0.3 is 5.97 Å². The standard InChI is InChI=1S/C18H17ClFNO5/c1-25-14-7-6-10(8-15(14)26-2)13(9-16(22)23)21-18(24)17-11(19)4-3-5-12(17)20/h3-8,13H,9H2,1-2H3,(H,21,24)(H,22,23). The topological polar surface area (TPSA) is 84.9 Å². The maximum atomic E-state index is 13.9. The third-order valence-electron chi connectivity index (χ3n) is 3.68. The van der Waals surface area contributed by atoms with Crippen LogP contribution in [0.1, 0.15) is 28.4 Å². The fourth-order valence-electron chi connectivity index (χ4n) is 2.44. The van der Waals surface area contributed by atoms with E-state index in [9.17, 15) is 14.0 Å². The van der Waals surface area contributed by atoms with Gasteiger partial charge in [0.15, 0.2) is 11.5 Å². The van der Waals surface area contributed by atoms with Crippen LogP contribution >= 0.6 is 11.6 Å². The molecule has 2 N–H and O–H groups in total. The number of carboxylic acid groups (broad SMARTS) is 1. The van der Waals surface area contributed by atoms with E-state index in [1.165, 1.54) is 26.4 Å². The molecule has 2 rings (SSSR count). The molecule has 0 aliphatic rings. The van der Waals surface area contributed by atoms with Gasteiger partial charge in [-0.1, -0.05) is 23.7 Å². The number of ether oxygens (including phenoxy) is 2. The molecule has 26 heavy (non-hydrogen) atoms. The summed E-state index contributed by atoms with van der Waals surface area (Å²) < 4.78 is 24.3. The van der Waals surface area contributed by atoms with Crippen molar-refractivity contribution in [1.82, 2.24) is 5.32 Å². The van der Waals surface area contributed by atoms with Crippen LogP contribution in [0.3, 0.4) is 0 Å². The maximum Gasteiger partial charge on any atom is 0.305 e. The predicted octanol–water partition coefficient (Wildman–Crippen LogP) is 3.44. The number of methoxy groups -OCH3 is 2. The van der Waals surface area contributed by atoms with E-state index in [1.54, 1.807) is 18.2 Å². The van der Waals surface area contributed by atoms with E-state index >= 15 is 0 Å². The number of amides is 1. The summed E-state index contributed by atoms with van der Waals surface area (Å²) in [6.07, 6.45) is -0.409. The molecule has 1 amide bonds. The highest BCUT2D eigenvalue weighted by atomic mass is 35.5. The van der Waals surface area contributed by atoms with Gasteiger partial charge in [-0.2, -0.15) is 0 Å².